The summed E-state index contributed by atoms with van der Waals surface area (Å²) in [5, 5.41) is 4.18. The molecule has 2 aliphatic rings. The van der Waals surface area contributed by atoms with Gasteiger partial charge in [-0.05, 0) is 19.5 Å². The molecule has 1 aromatic rings. The molecule has 2 N–H and O–H groups in total. The third-order valence-electron chi connectivity index (χ3n) is 4.29. The van der Waals surface area contributed by atoms with E-state index < -0.39 is 17.2 Å². The van der Waals surface area contributed by atoms with E-state index in [1.165, 1.54) is 0 Å². The fraction of sp³-hybridized carbons (Fsp3) is 0.692. The number of halogens is 2. The van der Waals surface area contributed by atoms with Gasteiger partial charge >= 0.3 is 0 Å². The molecule has 20 heavy (non-hydrogen) atoms. The molecule has 1 atom stereocenters. The zero-order chi connectivity index (χ0) is 14.5. The lowest BCUT2D eigenvalue weighted by Gasteiger charge is -2.30. The molecule has 0 saturated heterocycles. The van der Waals surface area contributed by atoms with E-state index in [1.807, 2.05) is 11.9 Å². The predicted octanol–water partition coefficient (Wildman–Crippen LogP) is 1.23. The lowest BCUT2D eigenvalue weighted by Crippen LogP contribution is -2.35. The first kappa shape index (κ1) is 13.5. The molecule has 1 saturated carbocycles. The van der Waals surface area contributed by atoms with E-state index in [9.17, 15) is 13.6 Å². The van der Waals surface area contributed by atoms with Gasteiger partial charge in [0.05, 0.1) is 5.69 Å². The zero-order valence-corrected chi connectivity index (χ0v) is 11.4. The molecular weight excluding hydrogens is 266 g/mol. The molecule has 1 fully saturated rings. The van der Waals surface area contributed by atoms with Gasteiger partial charge in [0.15, 0.2) is 0 Å². The van der Waals surface area contributed by atoms with Crippen molar-refractivity contribution in [2.75, 3.05) is 13.6 Å². The number of alkyl halides is 2. The fourth-order valence-corrected chi connectivity index (χ4v) is 3.56. The van der Waals surface area contributed by atoms with Crippen LogP contribution in [0.2, 0.25) is 0 Å². The number of hydrogen-bond acceptors (Lipinski definition) is 3. The molecule has 2 heterocycles. The highest BCUT2D eigenvalue weighted by molar-refractivity contribution is 5.90. The van der Waals surface area contributed by atoms with E-state index in [2.05, 4.69) is 5.10 Å². The molecule has 0 bridgehead atoms. The van der Waals surface area contributed by atoms with Gasteiger partial charge in [-0.1, -0.05) is 0 Å². The predicted molar refractivity (Wildman–Crippen MR) is 68.3 cm³/mol. The number of aromatic nitrogens is 2. The summed E-state index contributed by atoms with van der Waals surface area (Å²) in [4.78, 5) is 13.2. The topological polar surface area (TPSA) is 64.2 Å². The van der Waals surface area contributed by atoms with Crippen LogP contribution in [-0.2, 0) is 13.1 Å². The minimum atomic E-state index is -2.59. The first-order valence-corrected chi connectivity index (χ1v) is 6.72. The summed E-state index contributed by atoms with van der Waals surface area (Å²) in [7, 11) is 1.91. The monoisotopic (exact) mass is 284 g/mol. The van der Waals surface area contributed by atoms with E-state index in [-0.39, 0.29) is 18.5 Å². The number of fused-ring (bicyclic) bond motifs is 1. The summed E-state index contributed by atoms with van der Waals surface area (Å²) in [5.41, 5.74) is 5.83. The maximum atomic E-state index is 13.6. The second-order valence-corrected chi connectivity index (χ2v) is 6.25. The number of rotatable bonds is 1. The van der Waals surface area contributed by atoms with Gasteiger partial charge in [-0.15, -0.1) is 0 Å². The summed E-state index contributed by atoms with van der Waals surface area (Å²) in [5.74, 6) is -3.18. The van der Waals surface area contributed by atoms with E-state index in [0.717, 1.165) is 5.69 Å². The minimum Gasteiger partial charge on any atom is -0.364 e. The number of carbonyl (C=O) groups is 1. The lowest BCUT2D eigenvalue weighted by atomic mass is 9.85. The largest absolute Gasteiger partial charge is 0.364 e. The van der Waals surface area contributed by atoms with Gasteiger partial charge in [0, 0.05) is 37.9 Å². The Balaban J connectivity index is 1.95. The van der Waals surface area contributed by atoms with Gasteiger partial charge < -0.3 is 5.73 Å². The van der Waals surface area contributed by atoms with Crippen molar-refractivity contribution < 1.29 is 13.6 Å². The molecule has 1 amide bonds. The summed E-state index contributed by atoms with van der Waals surface area (Å²) in [6.45, 7) is 1.64. The Bertz CT molecular complexity index is 557. The average molecular weight is 284 g/mol. The van der Waals surface area contributed by atoms with Gasteiger partial charge in [0.1, 0.15) is 5.69 Å². The molecule has 1 aromatic heterocycles. The second kappa shape index (κ2) is 4.25. The van der Waals surface area contributed by atoms with Crippen LogP contribution in [0.1, 0.15) is 35.4 Å². The molecule has 1 spiro atoms. The van der Waals surface area contributed by atoms with Gasteiger partial charge in [-0.3, -0.25) is 14.4 Å². The van der Waals surface area contributed by atoms with E-state index in [4.69, 9.17) is 5.73 Å². The standard InChI is InChI=1S/C13H18F2N4O/c1-18-5-9-4-10(11(16)20)17-19(9)8-12(7-18)2-3-13(14,15)6-12/h4H,2-3,5-8H2,1H3,(H2,16,20). The minimum absolute atomic E-state index is 0.0693. The quantitative estimate of drug-likeness (QED) is 0.843. The van der Waals surface area contributed by atoms with Gasteiger partial charge in [-0.2, -0.15) is 5.10 Å². The van der Waals surface area contributed by atoms with Crippen LogP contribution in [0.4, 0.5) is 8.78 Å². The number of primary amides is 1. The van der Waals surface area contributed by atoms with Crippen molar-refractivity contribution in [3.63, 3.8) is 0 Å². The highest BCUT2D eigenvalue weighted by Crippen LogP contribution is 2.49. The summed E-state index contributed by atoms with van der Waals surface area (Å²) in [6, 6.07) is 1.66. The van der Waals surface area contributed by atoms with Crippen LogP contribution in [0.15, 0.2) is 6.07 Å². The molecule has 1 unspecified atom stereocenters. The Hall–Kier alpha value is -1.50. The summed E-state index contributed by atoms with van der Waals surface area (Å²) < 4.78 is 28.9. The molecule has 0 radical (unpaired) electrons. The second-order valence-electron chi connectivity index (χ2n) is 6.25. The first-order chi connectivity index (χ1) is 9.29. The van der Waals surface area contributed by atoms with Crippen LogP contribution in [0.25, 0.3) is 0 Å². The van der Waals surface area contributed by atoms with Crippen molar-refractivity contribution >= 4 is 5.91 Å². The fourth-order valence-electron chi connectivity index (χ4n) is 3.56. The van der Waals surface area contributed by atoms with Crippen molar-refractivity contribution in [3.8, 4) is 0 Å². The number of carbonyl (C=O) groups excluding carboxylic acids is 1. The zero-order valence-electron chi connectivity index (χ0n) is 11.4. The van der Waals surface area contributed by atoms with Crippen LogP contribution < -0.4 is 5.73 Å². The maximum absolute atomic E-state index is 13.6. The van der Waals surface area contributed by atoms with Crippen molar-refractivity contribution in [2.45, 2.75) is 38.3 Å². The molecule has 3 rings (SSSR count). The Labute approximate surface area is 115 Å². The maximum Gasteiger partial charge on any atom is 0.269 e. The normalized spacial score (nSPS) is 29.4. The van der Waals surface area contributed by atoms with E-state index in [0.29, 0.717) is 26.1 Å². The lowest BCUT2D eigenvalue weighted by molar-refractivity contribution is -0.00925. The third kappa shape index (κ3) is 2.30. The third-order valence-corrected chi connectivity index (χ3v) is 4.29. The van der Waals surface area contributed by atoms with Crippen molar-refractivity contribution in [3.05, 3.63) is 17.5 Å². The van der Waals surface area contributed by atoms with Crippen LogP contribution >= 0.6 is 0 Å². The Morgan fingerprint density at radius 2 is 2.15 bits per heavy atom. The molecule has 0 aromatic carbocycles. The average Bonchev–Trinajstić information content (AvgIpc) is 2.78. The van der Waals surface area contributed by atoms with Crippen LogP contribution in [0.3, 0.4) is 0 Å². The Morgan fingerprint density at radius 3 is 2.75 bits per heavy atom. The van der Waals surface area contributed by atoms with Crippen molar-refractivity contribution in [1.29, 1.82) is 0 Å². The molecule has 5 nitrogen and oxygen atoms in total. The van der Waals surface area contributed by atoms with Crippen LogP contribution in [-0.4, -0.2) is 40.1 Å². The number of nitrogens with two attached hydrogens (primary N) is 1. The van der Waals surface area contributed by atoms with Gasteiger partial charge in [-0.25, -0.2) is 8.78 Å². The first-order valence-electron chi connectivity index (χ1n) is 6.72. The van der Waals surface area contributed by atoms with Gasteiger partial charge in [0.2, 0.25) is 5.92 Å². The van der Waals surface area contributed by atoms with Gasteiger partial charge in [0.25, 0.3) is 5.91 Å². The molecule has 7 heteroatoms. The number of hydrogen-bond donors (Lipinski definition) is 1. The molecular formula is C13H18F2N4O. The molecule has 1 aliphatic heterocycles. The molecule has 110 valence electrons. The summed E-state index contributed by atoms with van der Waals surface area (Å²) >= 11 is 0. The highest BCUT2D eigenvalue weighted by Gasteiger charge is 2.51. The Morgan fingerprint density at radius 1 is 1.40 bits per heavy atom. The molecule has 1 aliphatic carbocycles. The number of nitrogens with zero attached hydrogens (tertiary/aromatic N) is 3. The van der Waals surface area contributed by atoms with Crippen LogP contribution in [0, 0.1) is 5.41 Å². The number of amides is 1. The highest BCUT2D eigenvalue weighted by atomic mass is 19.3. The van der Waals surface area contributed by atoms with E-state index >= 15 is 0 Å². The smallest absolute Gasteiger partial charge is 0.269 e. The SMILES string of the molecule is CN1Cc2cc(C(N)=O)nn2CC2(CCC(F)(F)C2)C1. The Kier molecular flexibility index (Phi) is 2.86. The van der Waals surface area contributed by atoms with Crippen molar-refractivity contribution in [1.82, 2.24) is 14.7 Å². The van der Waals surface area contributed by atoms with E-state index in [1.54, 1.807) is 10.7 Å². The van der Waals surface area contributed by atoms with Crippen molar-refractivity contribution in [2.24, 2.45) is 11.1 Å². The van der Waals surface area contributed by atoms with Crippen LogP contribution in [0.5, 0.6) is 0 Å². The summed E-state index contributed by atoms with van der Waals surface area (Å²) in [6.07, 6.45) is 0.297.